The Morgan fingerprint density at radius 1 is 1.03 bits per heavy atom. The molecule has 2 aromatic carbocycles. The Morgan fingerprint density at radius 2 is 1.76 bits per heavy atom. The second-order valence-electron chi connectivity index (χ2n) is 6.80. The Morgan fingerprint density at radius 3 is 2.52 bits per heavy atom. The first-order valence-electron chi connectivity index (χ1n) is 9.61. The molecule has 1 fully saturated rings. The van der Waals surface area contributed by atoms with E-state index in [-0.39, 0.29) is 11.7 Å². The van der Waals surface area contributed by atoms with Gasteiger partial charge in [0.25, 0.3) is 5.91 Å². The van der Waals surface area contributed by atoms with Gasteiger partial charge in [0.05, 0.1) is 6.20 Å². The van der Waals surface area contributed by atoms with Crippen LogP contribution in [0.3, 0.4) is 0 Å². The monoisotopic (exact) mass is 411 g/mol. The number of thiazole rings is 1. The third-order valence-electron chi connectivity index (χ3n) is 4.90. The number of rotatable bonds is 6. The molecule has 1 aliphatic heterocycles. The summed E-state index contributed by atoms with van der Waals surface area (Å²) in [6, 6.07) is 16.3. The number of carbonyl (C=O) groups excluding carboxylic acids is 1. The molecule has 5 nitrogen and oxygen atoms in total. The van der Waals surface area contributed by atoms with Gasteiger partial charge in [0.15, 0.2) is 0 Å². The van der Waals surface area contributed by atoms with Gasteiger partial charge in [0.2, 0.25) is 0 Å². The topological polar surface area (TPSA) is 45.7 Å². The number of piperazine rings is 1. The van der Waals surface area contributed by atoms with E-state index in [4.69, 9.17) is 4.74 Å². The Bertz CT molecular complexity index is 955. The van der Waals surface area contributed by atoms with Crippen molar-refractivity contribution in [2.24, 2.45) is 0 Å². The standard InChI is InChI=1S/C22H22FN3O2S/c23-19-9-5-4-8-18(19)21-24-16-20(29-21)22(27)26-12-10-25(11-13-26)14-15-28-17-6-2-1-3-7-17/h1-9,16H,10-15H2. The molecule has 4 rings (SSSR count). The summed E-state index contributed by atoms with van der Waals surface area (Å²) < 4.78 is 19.7. The number of hydrogen-bond donors (Lipinski definition) is 0. The zero-order chi connectivity index (χ0) is 20.1. The van der Waals surface area contributed by atoms with E-state index in [2.05, 4.69) is 9.88 Å². The number of hydrogen-bond acceptors (Lipinski definition) is 5. The second kappa shape index (κ2) is 9.15. The predicted octanol–water partition coefficient (Wildman–Crippen LogP) is 3.79. The third kappa shape index (κ3) is 4.81. The van der Waals surface area contributed by atoms with Gasteiger partial charge in [-0.3, -0.25) is 9.69 Å². The Labute approximate surface area is 173 Å². The quantitative estimate of drug-likeness (QED) is 0.619. The first-order valence-corrected chi connectivity index (χ1v) is 10.4. The Kier molecular flexibility index (Phi) is 6.17. The van der Waals surface area contributed by atoms with E-state index in [1.165, 1.54) is 17.4 Å². The molecule has 0 radical (unpaired) electrons. The summed E-state index contributed by atoms with van der Waals surface area (Å²) in [5, 5.41) is 0.531. The number of amides is 1. The highest BCUT2D eigenvalue weighted by Gasteiger charge is 2.24. The minimum Gasteiger partial charge on any atom is -0.492 e. The van der Waals surface area contributed by atoms with Crippen molar-refractivity contribution < 1.29 is 13.9 Å². The fourth-order valence-electron chi connectivity index (χ4n) is 3.27. The van der Waals surface area contributed by atoms with Crippen LogP contribution in [0, 0.1) is 5.82 Å². The van der Waals surface area contributed by atoms with Crippen molar-refractivity contribution in [3.05, 3.63) is 71.5 Å². The molecular formula is C22H22FN3O2S. The average molecular weight is 412 g/mol. The molecule has 0 atom stereocenters. The van der Waals surface area contributed by atoms with E-state index < -0.39 is 0 Å². The summed E-state index contributed by atoms with van der Waals surface area (Å²) in [7, 11) is 0. The van der Waals surface area contributed by atoms with Gasteiger partial charge in [-0.25, -0.2) is 9.37 Å². The summed E-state index contributed by atoms with van der Waals surface area (Å²) in [5.74, 6) is 0.509. The van der Waals surface area contributed by atoms with Gasteiger partial charge in [-0.1, -0.05) is 30.3 Å². The smallest absolute Gasteiger partial charge is 0.265 e. The molecule has 29 heavy (non-hydrogen) atoms. The maximum Gasteiger partial charge on any atom is 0.265 e. The summed E-state index contributed by atoms with van der Waals surface area (Å²) in [6.07, 6.45) is 1.55. The fraction of sp³-hybridized carbons (Fsp3) is 0.273. The van der Waals surface area contributed by atoms with Gasteiger partial charge in [0, 0.05) is 38.3 Å². The maximum absolute atomic E-state index is 13.9. The van der Waals surface area contributed by atoms with Gasteiger partial charge in [-0.05, 0) is 24.3 Å². The van der Waals surface area contributed by atoms with E-state index in [0.717, 1.165) is 25.4 Å². The van der Waals surface area contributed by atoms with Crippen LogP contribution in [0.25, 0.3) is 10.6 Å². The molecule has 0 spiro atoms. The summed E-state index contributed by atoms with van der Waals surface area (Å²) in [5.41, 5.74) is 0.430. The molecule has 0 bridgehead atoms. The minimum atomic E-state index is -0.327. The van der Waals surface area contributed by atoms with Crippen molar-refractivity contribution >= 4 is 17.2 Å². The highest BCUT2D eigenvalue weighted by molar-refractivity contribution is 7.16. The van der Waals surface area contributed by atoms with Gasteiger partial charge < -0.3 is 9.64 Å². The van der Waals surface area contributed by atoms with Crippen LogP contribution < -0.4 is 4.74 Å². The van der Waals surface area contributed by atoms with Crippen LogP contribution in [-0.4, -0.2) is 60.0 Å². The lowest BCUT2D eigenvalue weighted by Crippen LogP contribution is -2.49. The van der Waals surface area contributed by atoms with Crippen LogP contribution in [0.4, 0.5) is 4.39 Å². The number of aromatic nitrogens is 1. The third-order valence-corrected chi connectivity index (χ3v) is 5.92. The van der Waals surface area contributed by atoms with Crippen LogP contribution in [0.5, 0.6) is 5.75 Å². The van der Waals surface area contributed by atoms with Crippen molar-refractivity contribution in [3.8, 4) is 16.3 Å². The largest absolute Gasteiger partial charge is 0.492 e. The molecular weight excluding hydrogens is 389 g/mol. The molecule has 1 aliphatic rings. The second-order valence-corrected chi connectivity index (χ2v) is 7.84. The molecule has 0 unspecified atom stereocenters. The average Bonchev–Trinajstić information content (AvgIpc) is 3.25. The summed E-state index contributed by atoms with van der Waals surface area (Å²) in [6.45, 7) is 4.40. The molecule has 3 aromatic rings. The lowest BCUT2D eigenvalue weighted by Gasteiger charge is -2.34. The number of nitrogens with zero attached hydrogens (tertiary/aromatic N) is 3. The first-order chi connectivity index (χ1) is 14.2. The van der Waals surface area contributed by atoms with E-state index in [1.54, 1.807) is 24.4 Å². The maximum atomic E-state index is 13.9. The molecule has 0 N–H and O–H groups in total. The molecule has 7 heteroatoms. The molecule has 150 valence electrons. The van der Waals surface area contributed by atoms with Crippen molar-refractivity contribution in [1.82, 2.24) is 14.8 Å². The zero-order valence-corrected chi connectivity index (χ0v) is 16.8. The number of para-hydroxylation sites is 1. The van der Waals surface area contributed by atoms with Crippen LogP contribution in [-0.2, 0) is 0 Å². The van der Waals surface area contributed by atoms with Crippen LogP contribution in [0.2, 0.25) is 0 Å². The number of ether oxygens (including phenoxy) is 1. The lowest BCUT2D eigenvalue weighted by atomic mass is 10.2. The van der Waals surface area contributed by atoms with E-state index in [0.29, 0.717) is 35.1 Å². The van der Waals surface area contributed by atoms with Gasteiger partial charge in [-0.2, -0.15) is 0 Å². The van der Waals surface area contributed by atoms with Gasteiger partial charge in [0.1, 0.15) is 28.1 Å². The Hall–Kier alpha value is -2.77. The number of carbonyl (C=O) groups is 1. The Balaban J connectivity index is 1.28. The predicted molar refractivity (Wildman–Crippen MR) is 112 cm³/mol. The summed E-state index contributed by atoms with van der Waals surface area (Å²) >= 11 is 1.24. The van der Waals surface area contributed by atoms with E-state index in [9.17, 15) is 9.18 Å². The van der Waals surface area contributed by atoms with Crippen LogP contribution in [0.15, 0.2) is 60.8 Å². The minimum absolute atomic E-state index is 0.0368. The molecule has 1 aromatic heterocycles. The fourth-order valence-corrected chi connectivity index (χ4v) is 4.18. The SMILES string of the molecule is O=C(c1cnc(-c2ccccc2F)s1)N1CCN(CCOc2ccccc2)CC1. The van der Waals surface area contributed by atoms with Crippen molar-refractivity contribution in [2.75, 3.05) is 39.3 Å². The zero-order valence-electron chi connectivity index (χ0n) is 16.0. The molecule has 1 saturated heterocycles. The number of halogens is 1. The van der Waals surface area contributed by atoms with Gasteiger partial charge in [-0.15, -0.1) is 11.3 Å². The molecule has 2 heterocycles. The van der Waals surface area contributed by atoms with Crippen molar-refractivity contribution in [2.45, 2.75) is 0 Å². The lowest BCUT2D eigenvalue weighted by molar-refractivity contribution is 0.0624. The van der Waals surface area contributed by atoms with Crippen LogP contribution in [0.1, 0.15) is 9.67 Å². The number of benzene rings is 2. The van der Waals surface area contributed by atoms with E-state index in [1.807, 2.05) is 35.2 Å². The van der Waals surface area contributed by atoms with E-state index >= 15 is 0 Å². The highest BCUT2D eigenvalue weighted by atomic mass is 32.1. The van der Waals surface area contributed by atoms with Crippen molar-refractivity contribution in [1.29, 1.82) is 0 Å². The first kappa shape index (κ1) is 19.5. The highest BCUT2D eigenvalue weighted by Crippen LogP contribution is 2.28. The van der Waals surface area contributed by atoms with Crippen LogP contribution >= 0.6 is 11.3 Å². The molecule has 1 amide bonds. The van der Waals surface area contributed by atoms with Crippen molar-refractivity contribution in [3.63, 3.8) is 0 Å². The molecule has 0 saturated carbocycles. The van der Waals surface area contributed by atoms with Gasteiger partial charge >= 0.3 is 0 Å². The summed E-state index contributed by atoms with van der Waals surface area (Å²) in [4.78, 5) is 21.7. The molecule has 0 aliphatic carbocycles. The normalized spacial score (nSPS) is 14.7.